The number of amides is 1. The highest BCUT2D eigenvalue weighted by Gasteiger charge is 2.35. The van der Waals surface area contributed by atoms with E-state index in [0.29, 0.717) is 17.2 Å². The highest BCUT2D eigenvalue weighted by molar-refractivity contribution is 7.91. The van der Waals surface area contributed by atoms with Crippen LogP contribution in [0.3, 0.4) is 0 Å². The molecule has 1 aliphatic rings. The van der Waals surface area contributed by atoms with Crippen molar-refractivity contribution in [3.63, 3.8) is 0 Å². The van der Waals surface area contributed by atoms with Gasteiger partial charge in [0.25, 0.3) is 5.91 Å². The maximum absolute atomic E-state index is 12.5. The lowest BCUT2D eigenvalue weighted by atomic mass is 10.2. The van der Waals surface area contributed by atoms with E-state index in [1.165, 1.54) is 12.0 Å². The summed E-state index contributed by atoms with van der Waals surface area (Å²) in [7, 11) is -1.98. The second-order valence-corrected chi connectivity index (χ2v) is 8.52. The first kappa shape index (κ1) is 19.5. The molecule has 1 aliphatic heterocycles. The first-order chi connectivity index (χ1) is 11.7. The zero-order valence-corrected chi connectivity index (χ0v) is 15.6. The Kier molecular flexibility index (Phi) is 6.29. The summed E-state index contributed by atoms with van der Waals surface area (Å²) in [6, 6.07) is 4.45. The van der Waals surface area contributed by atoms with Crippen molar-refractivity contribution in [3.05, 3.63) is 28.8 Å². The number of methoxy groups -OCH3 is 1. The van der Waals surface area contributed by atoms with Crippen molar-refractivity contribution in [1.82, 2.24) is 4.90 Å². The van der Waals surface area contributed by atoms with Gasteiger partial charge in [0.2, 0.25) is 0 Å². The van der Waals surface area contributed by atoms with Crippen molar-refractivity contribution >= 4 is 33.3 Å². The van der Waals surface area contributed by atoms with E-state index < -0.39 is 27.8 Å². The maximum atomic E-state index is 12.5. The van der Waals surface area contributed by atoms with Crippen molar-refractivity contribution in [1.29, 1.82) is 0 Å². The Labute approximate surface area is 151 Å². The van der Waals surface area contributed by atoms with Gasteiger partial charge in [0.1, 0.15) is 12.3 Å². The molecule has 7 nitrogen and oxygen atoms in total. The molecule has 0 aromatic heterocycles. The van der Waals surface area contributed by atoms with Crippen LogP contribution in [0.2, 0.25) is 5.02 Å². The maximum Gasteiger partial charge on any atom is 0.325 e. The van der Waals surface area contributed by atoms with Crippen molar-refractivity contribution in [2.75, 3.05) is 31.8 Å². The van der Waals surface area contributed by atoms with E-state index in [-0.39, 0.29) is 24.7 Å². The van der Waals surface area contributed by atoms with Crippen LogP contribution in [0.4, 0.5) is 0 Å². The van der Waals surface area contributed by atoms with Crippen LogP contribution in [0.15, 0.2) is 18.2 Å². The Morgan fingerprint density at radius 3 is 2.64 bits per heavy atom. The van der Waals surface area contributed by atoms with Gasteiger partial charge in [0.05, 0.1) is 18.6 Å². The SMILES string of the molecule is COC(=O)CN(C(=O)COc1ccc(Cl)cc1C)[C@H]1CCS(=O)(=O)C1. The Balaban J connectivity index is 2.08. The fourth-order valence-corrected chi connectivity index (χ4v) is 4.60. The molecule has 0 unspecified atom stereocenters. The summed E-state index contributed by atoms with van der Waals surface area (Å²) in [5.74, 6) is -0.743. The van der Waals surface area contributed by atoms with Crippen LogP contribution in [0.5, 0.6) is 5.75 Å². The minimum Gasteiger partial charge on any atom is -0.483 e. The Morgan fingerprint density at radius 1 is 1.36 bits per heavy atom. The van der Waals surface area contributed by atoms with Gasteiger partial charge in [-0.1, -0.05) is 11.6 Å². The number of aryl methyl sites for hydroxylation is 1. The van der Waals surface area contributed by atoms with Crippen LogP contribution < -0.4 is 4.74 Å². The molecule has 25 heavy (non-hydrogen) atoms. The number of nitrogens with zero attached hydrogens (tertiary/aromatic N) is 1. The largest absolute Gasteiger partial charge is 0.483 e. The van der Waals surface area contributed by atoms with Gasteiger partial charge in [0.15, 0.2) is 16.4 Å². The Bertz CT molecular complexity index is 764. The van der Waals surface area contributed by atoms with E-state index in [0.717, 1.165) is 5.56 Å². The lowest BCUT2D eigenvalue weighted by Crippen LogP contribution is -2.46. The number of benzene rings is 1. The molecule has 0 spiro atoms. The Hall–Kier alpha value is -1.80. The van der Waals surface area contributed by atoms with Gasteiger partial charge in [-0.25, -0.2) is 8.42 Å². The standard InChI is InChI=1S/C16H20ClNO6S/c1-11-7-12(17)3-4-14(11)24-9-15(19)18(8-16(20)23-2)13-5-6-25(21,22)10-13/h3-4,7,13H,5-6,8-10H2,1-2H3/t13-/m0/s1. The predicted octanol–water partition coefficient (Wildman–Crippen LogP) is 1.22. The molecule has 138 valence electrons. The molecule has 0 aliphatic carbocycles. The number of hydrogen-bond donors (Lipinski definition) is 0. The van der Waals surface area contributed by atoms with Crippen molar-refractivity contribution < 1.29 is 27.5 Å². The topological polar surface area (TPSA) is 90.0 Å². The highest BCUT2D eigenvalue weighted by Crippen LogP contribution is 2.22. The van der Waals surface area contributed by atoms with Crippen molar-refractivity contribution in [2.45, 2.75) is 19.4 Å². The van der Waals surface area contributed by atoms with Crippen molar-refractivity contribution in [3.8, 4) is 5.75 Å². The predicted molar refractivity (Wildman–Crippen MR) is 92.5 cm³/mol. The third kappa shape index (κ3) is 5.34. The van der Waals surface area contributed by atoms with Crippen molar-refractivity contribution in [2.24, 2.45) is 0 Å². The molecule has 1 aromatic carbocycles. The van der Waals surface area contributed by atoms with Crippen LogP contribution >= 0.6 is 11.6 Å². The third-order valence-electron chi connectivity index (χ3n) is 3.98. The molecule has 1 heterocycles. The summed E-state index contributed by atoms with van der Waals surface area (Å²) >= 11 is 5.88. The average Bonchev–Trinajstić information content (AvgIpc) is 2.90. The molecule has 1 fully saturated rings. The monoisotopic (exact) mass is 389 g/mol. The lowest BCUT2D eigenvalue weighted by molar-refractivity contribution is -0.149. The molecule has 2 rings (SSSR count). The van der Waals surface area contributed by atoms with Gasteiger partial charge in [-0.3, -0.25) is 9.59 Å². The average molecular weight is 390 g/mol. The van der Waals surface area contributed by atoms with Gasteiger partial charge in [-0.2, -0.15) is 0 Å². The molecule has 1 aromatic rings. The van der Waals surface area contributed by atoms with E-state index in [4.69, 9.17) is 16.3 Å². The number of halogens is 1. The summed E-state index contributed by atoms with van der Waals surface area (Å²) < 4.78 is 33.5. The van der Waals surface area contributed by atoms with Crippen LogP contribution in [0.25, 0.3) is 0 Å². The lowest BCUT2D eigenvalue weighted by Gasteiger charge is -2.27. The fourth-order valence-electron chi connectivity index (χ4n) is 2.64. The van der Waals surface area contributed by atoms with E-state index in [1.807, 2.05) is 0 Å². The zero-order chi connectivity index (χ0) is 18.6. The van der Waals surface area contributed by atoms with Crippen LogP contribution in [0.1, 0.15) is 12.0 Å². The van der Waals surface area contributed by atoms with Gasteiger partial charge in [-0.15, -0.1) is 0 Å². The number of hydrogen-bond acceptors (Lipinski definition) is 6. The summed E-state index contributed by atoms with van der Waals surface area (Å²) in [5, 5.41) is 0.555. The number of ether oxygens (including phenoxy) is 2. The summed E-state index contributed by atoms with van der Waals surface area (Å²) in [5.41, 5.74) is 0.767. The Morgan fingerprint density at radius 2 is 2.08 bits per heavy atom. The minimum atomic E-state index is -3.20. The van der Waals surface area contributed by atoms with Gasteiger partial charge in [-0.05, 0) is 37.1 Å². The van der Waals surface area contributed by atoms with Crippen LogP contribution in [-0.4, -0.2) is 63.0 Å². The second kappa shape index (κ2) is 8.05. The first-order valence-corrected chi connectivity index (χ1v) is 9.87. The normalized spacial score (nSPS) is 18.6. The summed E-state index contributed by atoms with van der Waals surface area (Å²) in [6.45, 7) is 1.18. The number of carbonyl (C=O) groups is 2. The van der Waals surface area contributed by atoms with Gasteiger partial charge < -0.3 is 14.4 Å². The highest BCUT2D eigenvalue weighted by atomic mass is 35.5. The molecule has 1 atom stereocenters. The molecule has 0 bridgehead atoms. The van der Waals surface area contributed by atoms with Gasteiger partial charge in [0, 0.05) is 11.1 Å². The van der Waals surface area contributed by atoms with E-state index in [1.54, 1.807) is 25.1 Å². The number of carbonyl (C=O) groups excluding carboxylic acids is 2. The van der Waals surface area contributed by atoms with E-state index >= 15 is 0 Å². The summed E-state index contributed by atoms with van der Waals surface area (Å²) in [4.78, 5) is 25.3. The van der Waals surface area contributed by atoms with Crippen LogP contribution in [-0.2, 0) is 24.2 Å². The smallest absolute Gasteiger partial charge is 0.325 e. The van der Waals surface area contributed by atoms with E-state index in [9.17, 15) is 18.0 Å². The number of rotatable bonds is 6. The van der Waals surface area contributed by atoms with Gasteiger partial charge >= 0.3 is 5.97 Å². The molecular formula is C16H20ClNO6S. The molecule has 1 saturated heterocycles. The molecule has 0 N–H and O–H groups in total. The van der Waals surface area contributed by atoms with E-state index in [2.05, 4.69) is 4.74 Å². The molecule has 0 radical (unpaired) electrons. The third-order valence-corrected chi connectivity index (χ3v) is 5.97. The first-order valence-electron chi connectivity index (χ1n) is 7.67. The fraction of sp³-hybridized carbons (Fsp3) is 0.500. The number of esters is 1. The summed E-state index contributed by atoms with van der Waals surface area (Å²) in [6.07, 6.45) is 0.297. The molecular weight excluding hydrogens is 370 g/mol. The quantitative estimate of drug-likeness (QED) is 0.679. The second-order valence-electron chi connectivity index (χ2n) is 5.85. The molecule has 9 heteroatoms. The minimum absolute atomic E-state index is 0.000229. The number of sulfone groups is 1. The molecule has 1 amide bonds. The zero-order valence-electron chi connectivity index (χ0n) is 14.0. The molecule has 0 saturated carbocycles. The van der Waals surface area contributed by atoms with Crippen LogP contribution in [0, 0.1) is 6.92 Å².